The number of hydrogen-bond donors (Lipinski definition) is 0. The van der Waals surface area contributed by atoms with Gasteiger partial charge in [-0.15, -0.1) is 0 Å². The Morgan fingerprint density at radius 2 is 1.65 bits per heavy atom. The zero-order valence-electron chi connectivity index (χ0n) is 11.0. The lowest BCUT2D eigenvalue weighted by atomic mass is 10.5. The molecule has 0 aliphatic carbocycles. The largest absolute Gasteiger partial charge is 0.500 e. The summed E-state index contributed by atoms with van der Waals surface area (Å²) in [5.41, 5.74) is 0. The normalized spacial score (nSPS) is 11.2. The Bertz CT molecular complexity index is 212. The van der Waals surface area contributed by atoms with E-state index in [-0.39, 0.29) is 0 Å². The van der Waals surface area contributed by atoms with Gasteiger partial charge in [0.25, 0.3) is 6.26 Å². The lowest BCUT2D eigenvalue weighted by Gasteiger charge is -2.27. The van der Waals surface area contributed by atoms with Crippen LogP contribution in [-0.2, 0) is 18.0 Å². The number of rotatable bonds is 11. The number of nitrogens with zero attached hydrogens (tertiary/aromatic N) is 1. The Balaban J connectivity index is 4.18. The van der Waals surface area contributed by atoms with E-state index in [1.165, 1.54) is 0 Å². The standard InChI is InChI=1S/C11H23NO4Si/c1-4-7-15-17(13-3,16-8-5-2)10-6-9-14-11-12/h4-10H2,1-3H3. The van der Waals surface area contributed by atoms with Gasteiger partial charge in [0, 0.05) is 26.4 Å². The minimum atomic E-state index is -2.55. The van der Waals surface area contributed by atoms with Crippen LogP contribution < -0.4 is 0 Å². The van der Waals surface area contributed by atoms with E-state index in [1.54, 1.807) is 13.4 Å². The van der Waals surface area contributed by atoms with Gasteiger partial charge >= 0.3 is 8.80 Å². The highest BCUT2D eigenvalue weighted by molar-refractivity contribution is 6.60. The second-order valence-electron chi connectivity index (χ2n) is 3.63. The fraction of sp³-hybridized carbons (Fsp3) is 0.909. The highest BCUT2D eigenvalue weighted by atomic mass is 28.4. The van der Waals surface area contributed by atoms with Gasteiger partial charge in [0.05, 0.1) is 0 Å². The lowest BCUT2D eigenvalue weighted by Crippen LogP contribution is -2.45. The van der Waals surface area contributed by atoms with Crippen LogP contribution in [0.25, 0.3) is 0 Å². The van der Waals surface area contributed by atoms with Crippen molar-refractivity contribution in [1.29, 1.82) is 5.26 Å². The Labute approximate surface area is 105 Å². The summed E-state index contributed by atoms with van der Waals surface area (Å²) in [4.78, 5) is 0. The maximum atomic E-state index is 8.28. The van der Waals surface area contributed by atoms with E-state index in [1.807, 2.05) is 13.8 Å². The first-order valence-corrected chi connectivity index (χ1v) is 8.01. The zero-order chi connectivity index (χ0) is 13.0. The molecule has 0 rings (SSSR count). The van der Waals surface area contributed by atoms with Crippen molar-refractivity contribution in [2.45, 2.75) is 39.2 Å². The third-order valence-electron chi connectivity index (χ3n) is 2.16. The highest BCUT2D eigenvalue weighted by Gasteiger charge is 2.39. The molecule has 0 aromatic carbocycles. The molecule has 0 radical (unpaired) electrons. The average Bonchev–Trinajstić information content (AvgIpc) is 2.37. The first-order valence-electron chi connectivity index (χ1n) is 6.08. The number of ether oxygens (including phenoxy) is 1. The molecular weight excluding hydrogens is 238 g/mol. The lowest BCUT2D eigenvalue weighted by molar-refractivity contribution is 0.0752. The smallest absolute Gasteiger partial charge is 0.428 e. The molecule has 0 amide bonds. The zero-order valence-corrected chi connectivity index (χ0v) is 12.0. The fourth-order valence-electron chi connectivity index (χ4n) is 1.33. The summed E-state index contributed by atoms with van der Waals surface area (Å²) >= 11 is 0. The number of nitriles is 1. The molecule has 0 bridgehead atoms. The van der Waals surface area contributed by atoms with Crippen molar-refractivity contribution in [3.8, 4) is 6.26 Å². The van der Waals surface area contributed by atoms with Gasteiger partial charge in [0.1, 0.15) is 6.61 Å². The summed E-state index contributed by atoms with van der Waals surface area (Å²) in [7, 11) is -0.923. The molecule has 0 saturated carbocycles. The Hall–Kier alpha value is -0.613. The second-order valence-corrected chi connectivity index (χ2v) is 6.48. The quantitative estimate of drug-likeness (QED) is 0.324. The van der Waals surface area contributed by atoms with Gasteiger partial charge in [-0.2, -0.15) is 5.26 Å². The molecule has 6 heteroatoms. The second kappa shape index (κ2) is 10.5. The molecule has 0 atom stereocenters. The number of hydrogen-bond acceptors (Lipinski definition) is 5. The monoisotopic (exact) mass is 261 g/mol. The maximum absolute atomic E-state index is 8.28. The summed E-state index contributed by atoms with van der Waals surface area (Å²) in [5, 5.41) is 8.28. The topological polar surface area (TPSA) is 60.7 Å². The molecule has 0 aliphatic heterocycles. The molecule has 17 heavy (non-hydrogen) atoms. The van der Waals surface area contributed by atoms with Gasteiger partial charge in [0.2, 0.25) is 0 Å². The molecule has 0 spiro atoms. The van der Waals surface area contributed by atoms with Crippen molar-refractivity contribution >= 4 is 8.80 Å². The molecule has 100 valence electrons. The first-order chi connectivity index (χ1) is 8.24. The van der Waals surface area contributed by atoms with Crippen molar-refractivity contribution in [2.24, 2.45) is 0 Å². The molecule has 0 fully saturated rings. The molecule has 0 aliphatic rings. The van der Waals surface area contributed by atoms with Crippen LogP contribution in [0, 0.1) is 11.5 Å². The van der Waals surface area contributed by atoms with Crippen LogP contribution >= 0.6 is 0 Å². The van der Waals surface area contributed by atoms with E-state index in [0.29, 0.717) is 32.3 Å². The van der Waals surface area contributed by atoms with Crippen LogP contribution in [0.1, 0.15) is 33.1 Å². The van der Waals surface area contributed by atoms with E-state index in [0.717, 1.165) is 12.8 Å². The van der Waals surface area contributed by atoms with Crippen molar-refractivity contribution in [1.82, 2.24) is 0 Å². The molecular formula is C11H23NO4Si. The summed E-state index contributed by atoms with van der Waals surface area (Å²) in [6, 6.07) is 0.686. The minimum Gasteiger partial charge on any atom is -0.428 e. The predicted molar refractivity (Wildman–Crippen MR) is 66.2 cm³/mol. The average molecular weight is 261 g/mol. The predicted octanol–water partition coefficient (Wildman–Crippen LogP) is 2.31. The van der Waals surface area contributed by atoms with Gasteiger partial charge in [-0.05, 0) is 19.3 Å². The molecule has 0 heterocycles. The van der Waals surface area contributed by atoms with Crippen LogP contribution in [0.3, 0.4) is 0 Å². The van der Waals surface area contributed by atoms with E-state index >= 15 is 0 Å². The molecule has 0 aromatic heterocycles. The highest BCUT2D eigenvalue weighted by Crippen LogP contribution is 2.18. The van der Waals surface area contributed by atoms with E-state index < -0.39 is 8.80 Å². The van der Waals surface area contributed by atoms with Crippen molar-refractivity contribution in [3.05, 3.63) is 0 Å². The summed E-state index contributed by atoms with van der Waals surface area (Å²) in [6.07, 6.45) is 4.23. The van der Waals surface area contributed by atoms with Crippen molar-refractivity contribution in [3.63, 3.8) is 0 Å². The fourth-order valence-corrected chi connectivity index (χ4v) is 3.75. The molecule has 0 aromatic rings. The van der Waals surface area contributed by atoms with Crippen LogP contribution in [0.2, 0.25) is 6.04 Å². The first kappa shape index (κ1) is 16.4. The van der Waals surface area contributed by atoms with E-state index in [4.69, 9.17) is 18.5 Å². The third-order valence-corrected chi connectivity index (χ3v) is 5.03. The minimum absolute atomic E-state index is 0.388. The van der Waals surface area contributed by atoms with Crippen LogP contribution in [0.15, 0.2) is 0 Å². The van der Waals surface area contributed by atoms with Gasteiger partial charge in [-0.3, -0.25) is 0 Å². The van der Waals surface area contributed by atoms with E-state index in [9.17, 15) is 0 Å². The third kappa shape index (κ3) is 7.34. The van der Waals surface area contributed by atoms with Crippen molar-refractivity contribution in [2.75, 3.05) is 26.9 Å². The van der Waals surface area contributed by atoms with Crippen LogP contribution in [-0.4, -0.2) is 35.7 Å². The summed E-state index contributed by atoms with van der Waals surface area (Å²) < 4.78 is 21.7. The van der Waals surface area contributed by atoms with Crippen LogP contribution in [0.4, 0.5) is 0 Å². The van der Waals surface area contributed by atoms with Crippen molar-refractivity contribution < 1.29 is 18.0 Å². The van der Waals surface area contributed by atoms with Gasteiger partial charge in [-0.1, -0.05) is 13.8 Å². The summed E-state index contributed by atoms with van der Waals surface area (Å²) in [5.74, 6) is 0. The van der Waals surface area contributed by atoms with Gasteiger partial charge in [0.15, 0.2) is 0 Å². The molecule has 5 nitrogen and oxygen atoms in total. The Morgan fingerprint density at radius 3 is 2.06 bits per heavy atom. The maximum Gasteiger partial charge on any atom is 0.500 e. The van der Waals surface area contributed by atoms with Gasteiger partial charge < -0.3 is 18.0 Å². The summed E-state index contributed by atoms with van der Waals surface area (Å²) in [6.45, 7) is 5.77. The Kier molecular flexibility index (Phi) is 10.2. The molecule has 0 N–H and O–H groups in total. The van der Waals surface area contributed by atoms with E-state index in [2.05, 4.69) is 4.74 Å². The molecule has 0 unspecified atom stereocenters. The SMILES string of the molecule is CCCO[Si](CCCOC#N)(OC)OCCC. The molecule has 0 saturated heterocycles. The van der Waals surface area contributed by atoms with Gasteiger partial charge in [-0.25, -0.2) is 0 Å². The van der Waals surface area contributed by atoms with Crippen LogP contribution in [0.5, 0.6) is 0 Å². The Morgan fingerprint density at radius 1 is 1.06 bits per heavy atom.